The lowest BCUT2D eigenvalue weighted by atomic mass is 10.2. The second-order valence-electron chi connectivity index (χ2n) is 3.39. The number of hydrogen-bond acceptors (Lipinski definition) is 2. The maximum atomic E-state index is 4.50. The van der Waals surface area contributed by atoms with Crippen LogP contribution in [0.25, 0.3) is 0 Å². The van der Waals surface area contributed by atoms with Gasteiger partial charge in [0.2, 0.25) is 0 Å². The van der Waals surface area contributed by atoms with Gasteiger partial charge in [-0.25, -0.2) is 0 Å². The Kier molecular flexibility index (Phi) is 4.12. The number of rotatable bonds is 5. The van der Waals surface area contributed by atoms with Crippen molar-refractivity contribution in [1.82, 2.24) is 4.90 Å². The average Bonchev–Trinajstić information content (AvgIpc) is 2.50. The van der Waals surface area contributed by atoms with Gasteiger partial charge in [0.05, 0.1) is 12.4 Å². The van der Waals surface area contributed by atoms with Gasteiger partial charge in [-0.1, -0.05) is 20.3 Å². The SMILES string of the molecule is CCCCN1CCN=C1CCC. The largest absolute Gasteiger partial charge is 0.359 e. The molecule has 0 amide bonds. The molecule has 0 bridgehead atoms. The lowest BCUT2D eigenvalue weighted by Crippen LogP contribution is -2.28. The molecule has 0 radical (unpaired) electrons. The van der Waals surface area contributed by atoms with Crippen LogP contribution in [-0.4, -0.2) is 30.4 Å². The summed E-state index contributed by atoms with van der Waals surface area (Å²) in [7, 11) is 0. The average molecular weight is 168 g/mol. The number of amidine groups is 1. The Bertz CT molecular complexity index is 152. The molecule has 0 aromatic heterocycles. The van der Waals surface area contributed by atoms with Crippen LogP contribution >= 0.6 is 0 Å². The Morgan fingerprint density at radius 1 is 1.33 bits per heavy atom. The third-order valence-corrected chi connectivity index (χ3v) is 2.28. The first kappa shape index (κ1) is 9.56. The van der Waals surface area contributed by atoms with E-state index in [-0.39, 0.29) is 0 Å². The highest BCUT2D eigenvalue weighted by Crippen LogP contribution is 2.08. The summed E-state index contributed by atoms with van der Waals surface area (Å²) in [6, 6.07) is 0. The molecule has 12 heavy (non-hydrogen) atoms. The molecule has 1 aliphatic rings. The van der Waals surface area contributed by atoms with Crippen LogP contribution in [0.4, 0.5) is 0 Å². The van der Waals surface area contributed by atoms with Crippen molar-refractivity contribution in [2.24, 2.45) is 4.99 Å². The Labute approximate surface area is 75.7 Å². The van der Waals surface area contributed by atoms with Crippen molar-refractivity contribution in [3.8, 4) is 0 Å². The first-order valence-electron chi connectivity index (χ1n) is 5.16. The molecule has 0 spiro atoms. The molecule has 0 saturated heterocycles. The molecule has 2 nitrogen and oxygen atoms in total. The van der Waals surface area contributed by atoms with Gasteiger partial charge < -0.3 is 4.90 Å². The highest BCUT2D eigenvalue weighted by Gasteiger charge is 2.14. The van der Waals surface area contributed by atoms with E-state index < -0.39 is 0 Å². The fourth-order valence-electron chi connectivity index (χ4n) is 1.58. The van der Waals surface area contributed by atoms with Crippen molar-refractivity contribution in [1.29, 1.82) is 0 Å². The maximum absolute atomic E-state index is 4.50. The van der Waals surface area contributed by atoms with Crippen molar-refractivity contribution in [2.45, 2.75) is 39.5 Å². The van der Waals surface area contributed by atoms with Gasteiger partial charge in [-0.2, -0.15) is 0 Å². The van der Waals surface area contributed by atoms with Crippen molar-refractivity contribution in [3.05, 3.63) is 0 Å². The van der Waals surface area contributed by atoms with Gasteiger partial charge in [-0.3, -0.25) is 4.99 Å². The number of unbranched alkanes of at least 4 members (excludes halogenated alkanes) is 1. The Balaban J connectivity index is 2.28. The van der Waals surface area contributed by atoms with Gasteiger partial charge in [0.25, 0.3) is 0 Å². The molecule has 0 N–H and O–H groups in total. The molecule has 2 heteroatoms. The maximum Gasteiger partial charge on any atom is 0.0990 e. The first-order valence-corrected chi connectivity index (χ1v) is 5.16. The fraction of sp³-hybridized carbons (Fsp3) is 0.900. The van der Waals surface area contributed by atoms with E-state index in [1.165, 1.54) is 38.1 Å². The minimum Gasteiger partial charge on any atom is -0.359 e. The van der Waals surface area contributed by atoms with Crippen molar-refractivity contribution in [3.63, 3.8) is 0 Å². The molecule has 1 aliphatic heterocycles. The Hall–Kier alpha value is -0.530. The van der Waals surface area contributed by atoms with Gasteiger partial charge in [0.15, 0.2) is 0 Å². The predicted molar refractivity (Wildman–Crippen MR) is 53.7 cm³/mol. The summed E-state index contributed by atoms with van der Waals surface area (Å²) in [5, 5.41) is 0. The smallest absolute Gasteiger partial charge is 0.0990 e. The molecule has 0 atom stereocenters. The van der Waals surface area contributed by atoms with Gasteiger partial charge in [0.1, 0.15) is 0 Å². The fourth-order valence-corrected chi connectivity index (χ4v) is 1.58. The Morgan fingerprint density at radius 2 is 2.17 bits per heavy atom. The van der Waals surface area contributed by atoms with E-state index >= 15 is 0 Å². The topological polar surface area (TPSA) is 15.6 Å². The van der Waals surface area contributed by atoms with Gasteiger partial charge in [0, 0.05) is 19.5 Å². The standard InChI is InChI=1S/C10H20N2/c1-3-5-8-12-9-7-11-10(12)6-4-2/h3-9H2,1-2H3. The van der Waals surface area contributed by atoms with Crippen LogP contribution in [0.15, 0.2) is 4.99 Å². The van der Waals surface area contributed by atoms with Crippen molar-refractivity contribution < 1.29 is 0 Å². The molecule has 0 unspecified atom stereocenters. The summed E-state index contributed by atoms with van der Waals surface area (Å²) >= 11 is 0. The summed E-state index contributed by atoms with van der Waals surface area (Å²) in [6.45, 7) is 7.87. The van der Waals surface area contributed by atoms with Crippen molar-refractivity contribution >= 4 is 5.84 Å². The van der Waals surface area contributed by atoms with E-state index in [4.69, 9.17) is 0 Å². The second-order valence-corrected chi connectivity index (χ2v) is 3.39. The predicted octanol–water partition coefficient (Wildman–Crippen LogP) is 2.30. The highest BCUT2D eigenvalue weighted by molar-refractivity contribution is 5.83. The zero-order chi connectivity index (χ0) is 8.81. The lowest BCUT2D eigenvalue weighted by Gasteiger charge is -2.19. The molecular formula is C10H20N2. The monoisotopic (exact) mass is 168 g/mol. The van der Waals surface area contributed by atoms with Crippen LogP contribution in [0.3, 0.4) is 0 Å². The minimum atomic E-state index is 1.03. The molecule has 1 heterocycles. The van der Waals surface area contributed by atoms with Crippen LogP contribution in [0.5, 0.6) is 0 Å². The first-order chi connectivity index (χ1) is 5.88. The van der Waals surface area contributed by atoms with Crippen LogP contribution in [0.2, 0.25) is 0 Å². The summed E-state index contributed by atoms with van der Waals surface area (Å²) in [5.41, 5.74) is 0. The van der Waals surface area contributed by atoms with Crippen LogP contribution in [0.1, 0.15) is 39.5 Å². The zero-order valence-electron chi connectivity index (χ0n) is 8.34. The lowest BCUT2D eigenvalue weighted by molar-refractivity contribution is 0.435. The number of aliphatic imine (C=N–C) groups is 1. The van der Waals surface area contributed by atoms with E-state index in [2.05, 4.69) is 23.7 Å². The van der Waals surface area contributed by atoms with E-state index in [1.807, 2.05) is 0 Å². The van der Waals surface area contributed by atoms with Crippen LogP contribution in [-0.2, 0) is 0 Å². The number of hydrogen-bond donors (Lipinski definition) is 0. The van der Waals surface area contributed by atoms with E-state index in [0.717, 1.165) is 13.1 Å². The third-order valence-electron chi connectivity index (χ3n) is 2.28. The van der Waals surface area contributed by atoms with E-state index in [9.17, 15) is 0 Å². The van der Waals surface area contributed by atoms with Gasteiger partial charge in [-0.05, 0) is 12.8 Å². The van der Waals surface area contributed by atoms with Gasteiger partial charge >= 0.3 is 0 Å². The van der Waals surface area contributed by atoms with Crippen LogP contribution < -0.4 is 0 Å². The molecule has 0 aromatic rings. The van der Waals surface area contributed by atoms with E-state index in [1.54, 1.807) is 0 Å². The van der Waals surface area contributed by atoms with Crippen molar-refractivity contribution in [2.75, 3.05) is 19.6 Å². The quantitative estimate of drug-likeness (QED) is 0.615. The van der Waals surface area contributed by atoms with E-state index in [0.29, 0.717) is 0 Å². The zero-order valence-corrected chi connectivity index (χ0v) is 8.34. The summed E-state index contributed by atoms with van der Waals surface area (Å²) in [6.07, 6.45) is 4.99. The Morgan fingerprint density at radius 3 is 2.83 bits per heavy atom. The summed E-state index contributed by atoms with van der Waals surface area (Å²) in [5.74, 6) is 1.35. The summed E-state index contributed by atoms with van der Waals surface area (Å²) < 4.78 is 0. The summed E-state index contributed by atoms with van der Waals surface area (Å²) in [4.78, 5) is 6.95. The number of nitrogens with zero attached hydrogens (tertiary/aromatic N) is 2. The molecule has 0 fully saturated rings. The molecule has 1 rings (SSSR count). The molecular weight excluding hydrogens is 148 g/mol. The molecule has 0 aliphatic carbocycles. The normalized spacial score (nSPS) is 16.8. The molecule has 0 aromatic carbocycles. The van der Waals surface area contributed by atoms with Crippen LogP contribution in [0, 0.1) is 0 Å². The second kappa shape index (κ2) is 5.18. The molecule has 0 saturated carbocycles. The highest BCUT2D eigenvalue weighted by atomic mass is 15.2. The molecule has 70 valence electrons. The van der Waals surface area contributed by atoms with Gasteiger partial charge in [-0.15, -0.1) is 0 Å². The minimum absolute atomic E-state index is 1.03. The third kappa shape index (κ3) is 2.50.